The third kappa shape index (κ3) is 3.81. The molecule has 23 heavy (non-hydrogen) atoms. The van der Waals surface area contributed by atoms with Crippen molar-refractivity contribution in [3.05, 3.63) is 41.7 Å². The van der Waals surface area contributed by atoms with Gasteiger partial charge in [0, 0.05) is 18.2 Å². The normalized spacial score (nSPS) is 15.7. The molecule has 122 valence electrons. The molecule has 0 spiro atoms. The predicted octanol–water partition coefficient (Wildman–Crippen LogP) is 4.38. The first-order chi connectivity index (χ1) is 11.1. The summed E-state index contributed by atoms with van der Waals surface area (Å²) in [5, 5.41) is 13.4. The summed E-state index contributed by atoms with van der Waals surface area (Å²) in [5.41, 5.74) is 4.59. The zero-order valence-corrected chi connectivity index (χ0v) is 13.7. The molecule has 0 saturated heterocycles. The summed E-state index contributed by atoms with van der Waals surface area (Å²) in [6, 6.07) is 6.77. The number of rotatable bonds is 5. The fourth-order valence-corrected chi connectivity index (χ4v) is 3.48. The second-order valence-electron chi connectivity index (χ2n) is 6.54. The van der Waals surface area contributed by atoms with Crippen LogP contribution in [0.5, 0.6) is 0 Å². The molecule has 1 aliphatic rings. The van der Waals surface area contributed by atoms with Crippen LogP contribution in [0.2, 0.25) is 0 Å². The zero-order chi connectivity index (χ0) is 16.2. The molecule has 1 aromatic heterocycles. The van der Waals surface area contributed by atoms with E-state index in [1.54, 1.807) is 0 Å². The predicted molar refractivity (Wildman–Crippen MR) is 90.5 cm³/mol. The van der Waals surface area contributed by atoms with E-state index in [2.05, 4.69) is 35.0 Å². The van der Waals surface area contributed by atoms with Crippen molar-refractivity contribution in [3.8, 4) is 11.1 Å². The summed E-state index contributed by atoms with van der Waals surface area (Å²) in [6.45, 7) is 2.08. The average molecular weight is 312 g/mol. The van der Waals surface area contributed by atoms with Crippen molar-refractivity contribution in [1.29, 1.82) is 0 Å². The van der Waals surface area contributed by atoms with Crippen molar-refractivity contribution >= 4 is 5.97 Å². The average Bonchev–Trinajstić information content (AvgIpc) is 3.03. The molecule has 1 N–H and O–H groups in total. The first kappa shape index (κ1) is 15.8. The van der Waals surface area contributed by atoms with Gasteiger partial charge in [0.05, 0.1) is 12.2 Å². The van der Waals surface area contributed by atoms with E-state index in [0.29, 0.717) is 12.5 Å². The number of hydrogen-bond acceptors (Lipinski definition) is 2. The van der Waals surface area contributed by atoms with Crippen LogP contribution in [0.25, 0.3) is 11.1 Å². The van der Waals surface area contributed by atoms with Crippen molar-refractivity contribution in [2.45, 2.75) is 57.9 Å². The van der Waals surface area contributed by atoms with Crippen molar-refractivity contribution < 1.29 is 9.90 Å². The molecule has 0 radical (unpaired) electrons. The van der Waals surface area contributed by atoms with Crippen LogP contribution in [0, 0.1) is 6.92 Å². The fraction of sp³-hybridized carbons (Fsp3) is 0.474. The van der Waals surface area contributed by atoms with Gasteiger partial charge in [-0.2, -0.15) is 5.10 Å². The third-order valence-corrected chi connectivity index (χ3v) is 4.78. The molecule has 1 saturated carbocycles. The van der Waals surface area contributed by atoms with E-state index in [1.807, 2.05) is 12.3 Å². The standard InChI is InChI=1S/C19H24N2O2/c1-14-11-15(8-10-19(22)23)7-9-18(14)16-12-20-21(13-16)17-5-3-2-4-6-17/h7,9,11-13,17H,2-6,8,10H2,1H3,(H,22,23). The van der Waals surface area contributed by atoms with Gasteiger partial charge < -0.3 is 5.11 Å². The maximum atomic E-state index is 10.7. The number of aryl methyl sites for hydroxylation is 2. The van der Waals surface area contributed by atoms with Crippen molar-refractivity contribution in [3.63, 3.8) is 0 Å². The van der Waals surface area contributed by atoms with Crippen LogP contribution < -0.4 is 0 Å². The highest BCUT2D eigenvalue weighted by atomic mass is 16.4. The molecule has 0 unspecified atom stereocenters. The lowest BCUT2D eigenvalue weighted by Gasteiger charge is -2.21. The Labute approximate surface area is 137 Å². The smallest absolute Gasteiger partial charge is 0.303 e. The van der Waals surface area contributed by atoms with Gasteiger partial charge in [0.15, 0.2) is 0 Å². The van der Waals surface area contributed by atoms with Gasteiger partial charge in [0.25, 0.3) is 0 Å². The number of aliphatic carboxylic acids is 1. The Morgan fingerprint density at radius 2 is 2.09 bits per heavy atom. The molecule has 1 heterocycles. The number of aromatic nitrogens is 2. The Morgan fingerprint density at radius 1 is 1.30 bits per heavy atom. The van der Waals surface area contributed by atoms with E-state index in [0.717, 1.165) is 11.1 Å². The van der Waals surface area contributed by atoms with Gasteiger partial charge in [0.1, 0.15) is 0 Å². The molecule has 0 bridgehead atoms. The molecule has 3 rings (SSSR count). The van der Waals surface area contributed by atoms with Crippen molar-refractivity contribution in [2.75, 3.05) is 0 Å². The Bertz CT molecular complexity index is 684. The van der Waals surface area contributed by atoms with E-state index in [-0.39, 0.29) is 6.42 Å². The molecular formula is C19H24N2O2. The lowest BCUT2D eigenvalue weighted by Crippen LogP contribution is -2.12. The van der Waals surface area contributed by atoms with E-state index in [9.17, 15) is 4.79 Å². The summed E-state index contributed by atoms with van der Waals surface area (Å²) in [5.74, 6) is -0.750. The SMILES string of the molecule is Cc1cc(CCC(=O)O)ccc1-c1cnn(C2CCCCC2)c1. The van der Waals surface area contributed by atoms with Gasteiger partial charge in [-0.25, -0.2) is 0 Å². The molecule has 1 fully saturated rings. The zero-order valence-electron chi connectivity index (χ0n) is 13.7. The van der Waals surface area contributed by atoms with Gasteiger partial charge in [0.2, 0.25) is 0 Å². The van der Waals surface area contributed by atoms with Crippen LogP contribution >= 0.6 is 0 Å². The highest BCUT2D eigenvalue weighted by Crippen LogP contribution is 2.30. The summed E-state index contributed by atoms with van der Waals surface area (Å²) in [6.07, 6.45) is 11.3. The summed E-state index contributed by atoms with van der Waals surface area (Å²) >= 11 is 0. The Kier molecular flexibility index (Phi) is 4.79. The van der Waals surface area contributed by atoms with Gasteiger partial charge in [-0.05, 0) is 42.9 Å². The minimum atomic E-state index is -0.750. The second kappa shape index (κ2) is 6.99. The van der Waals surface area contributed by atoms with E-state index < -0.39 is 5.97 Å². The van der Waals surface area contributed by atoms with Crippen molar-refractivity contribution in [1.82, 2.24) is 9.78 Å². The van der Waals surface area contributed by atoms with Gasteiger partial charge in [-0.3, -0.25) is 9.48 Å². The van der Waals surface area contributed by atoms with E-state index >= 15 is 0 Å². The Morgan fingerprint density at radius 3 is 2.78 bits per heavy atom. The van der Waals surface area contributed by atoms with Crippen LogP contribution in [0.3, 0.4) is 0 Å². The maximum Gasteiger partial charge on any atom is 0.303 e. The lowest BCUT2D eigenvalue weighted by molar-refractivity contribution is -0.136. The molecule has 1 aromatic carbocycles. The van der Waals surface area contributed by atoms with E-state index in [4.69, 9.17) is 5.11 Å². The van der Waals surface area contributed by atoms with Gasteiger partial charge in [-0.15, -0.1) is 0 Å². The highest BCUT2D eigenvalue weighted by Gasteiger charge is 2.16. The fourth-order valence-electron chi connectivity index (χ4n) is 3.48. The Hall–Kier alpha value is -2.10. The quantitative estimate of drug-likeness (QED) is 0.891. The first-order valence-corrected chi connectivity index (χ1v) is 8.49. The molecule has 0 amide bonds. The van der Waals surface area contributed by atoms with E-state index in [1.165, 1.54) is 43.2 Å². The number of carbonyl (C=O) groups is 1. The topological polar surface area (TPSA) is 55.1 Å². The molecule has 0 aliphatic heterocycles. The highest BCUT2D eigenvalue weighted by molar-refractivity contribution is 5.68. The number of nitrogens with zero attached hydrogens (tertiary/aromatic N) is 2. The minimum Gasteiger partial charge on any atom is -0.481 e. The number of benzene rings is 1. The monoisotopic (exact) mass is 312 g/mol. The largest absolute Gasteiger partial charge is 0.481 e. The van der Waals surface area contributed by atoms with Gasteiger partial charge in [-0.1, -0.05) is 37.5 Å². The first-order valence-electron chi connectivity index (χ1n) is 8.49. The molecular weight excluding hydrogens is 288 g/mol. The second-order valence-corrected chi connectivity index (χ2v) is 6.54. The van der Waals surface area contributed by atoms with Gasteiger partial charge >= 0.3 is 5.97 Å². The molecule has 1 aliphatic carbocycles. The summed E-state index contributed by atoms with van der Waals surface area (Å²) < 4.78 is 2.13. The van der Waals surface area contributed by atoms with Crippen LogP contribution in [-0.4, -0.2) is 20.9 Å². The molecule has 0 atom stereocenters. The Balaban J connectivity index is 1.76. The van der Waals surface area contributed by atoms with Crippen molar-refractivity contribution in [2.24, 2.45) is 0 Å². The number of carboxylic acid groups (broad SMARTS) is 1. The molecule has 4 nitrogen and oxygen atoms in total. The van der Waals surface area contributed by atoms with Crippen LogP contribution in [0.1, 0.15) is 55.7 Å². The lowest BCUT2D eigenvalue weighted by atomic mass is 9.95. The van der Waals surface area contributed by atoms with Crippen LogP contribution in [0.15, 0.2) is 30.6 Å². The third-order valence-electron chi connectivity index (χ3n) is 4.78. The molecule has 4 heteroatoms. The summed E-state index contributed by atoms with van der Waals surface area (Å²) in [4.78, 5) is 10.7. The number of carboxylic acids is 1. The van der Waals surface area contributed by atoms with Crippen LogP contribution in [0.4, 0.5) is 0 Å². The summed E-state index contributed by atoms with van der Waals surface area (Å²) in [7, 11) is 0. The number of hydrogen-bond donors (Lipinski definition) is 1. The maximum absolute atomic E-state index is 10.7. The van der Waals surface area contributed by atoms with Crippen LogP contribution in [-0.2, 0) is 11.2 Å². The minimum absolute atomic E-state index is 0.179. The molecule has 2 aromatic rings.